The zero-order chi connectivity index (χ0) is 22.0. The highest BCUT2D eigenvalue weighted by Gasteiger charge is 2.19. The van der Waals surface area contributed by atoms with E-state index < -0.39 is 5.97 Å². The zero-order valence-corrected chi connectivity index (χ0v) is 17.4. The molecule has 0 fully saturated rings. The number of para-hydroxylation sites is 2. The SMILES string of the molecule is CCCC(=O)N(Cc1nc2ccccc2n1C)c1ccc(-c2ccc(C(=O)O)o2)cc1. The van der Waals surface area contributed by atoms with Crippen LogP contribution in [0.15, 0.2) is 65.1 Å². The van der Waals surface area contributed by atoms with Crippen molar-refractivity contribution in [1.29, 1.82) is 0 Å². The number of aromatic nitrogens is 2. The van der Waals surface area contributed by atoms with Gasteiger partial charge in [-0.25, -0.2) is 9.78 Å². The number of imidazole rings is 1. The Morgan fingerprint density at radius 2 is 1.81 bits per heavy atom. The minimum Gasteiger partial charge on any atom is -0.475 e. The van der Waals surface area contributed by atoms with E-state index in [1.165, 1.54) is 6.07 Å². The van der Waals surface area contributed by atoms with Gasteiger partial charge in [-0.05, 0) is 55.0 Å². The van der Waals surface area contributed by atoms with E-state index in [-0.39, 0.29) is 11.7 Å². The van der Waals surface area contributed by atoms with Crippen LogP contribution >= 0.6 is 0 Å². The fraction of sp³-hybridized carbons (Fsp3) is 0.208. The molecule has 1 N–H and O–H groups in total. The maximum absolute atomic E-state index is 12.9. The molecule has 7 nitrogen and oxygen atoms in total. The third kappa shape index (κ3) is 4.07. The number of aryl methyl sites for hydroxylation is 1. The van der Waals surface area contributed by atoms with Gasteiger partial charge in [-0.15, -0.1) is 0 Å². The summed E-state index contributed by atoms with van der Waals surface area (Å²) in [6.45, 7) is 2.33. The summed E-state index contributed by atoms with van der Waals surface area (Å²) in [5, 5.41) is 9.04. The van der Waals surface area contributed by atoms with Crippen molar-refractivity contribution >= 4 is 28.6 Å². The third-order valence-corrected chi connectivity index (χ3v) is 5.22. The zero-order valence-electron chi connectivity index (χ0n) is 17.4. The monoisotopic (exact) mass is 417 g/mol. The van der Waals surface area contributed by atoms with Crippen molar-refractivity contribution in [3.63, 3.8) is 0 Å². The van der Waals surface area contributed by atoms with Crippen LogP contribution in [0.1, 0.15) is 36.1 Å². The van der Waals surface area contributed by atoms with Crippen LogP contribution in [0.25, 0.3) is 22.4 Å². The lowest BCUT2D eigenvalue weighted by molar-refractivity contribution is -0.118. The Morgan fingerprint density at radius 3 is 2.45 bits per heavy atom. The molecule has 2 aromatic carbocycles. The highest BCUT2D eigenvalue weighted by atomic mass is 16.4. The van der Waals surface area contributed by atoms with Crippen LogP contribution in [-0.2, 0) is 18.4 Å². The van der Waals surface area contributed by atoms with Crippen LogP contribution in [-0.4, -0.2) is 26.5 Å². The molecule has 7 heteroatoms. The number of fused-ring (bicyclic) bond motifs is 1. The van der Waals surface area contributed by atoms with Crippen molar-refractivity contribution in [3.8, 4) is 11.3 Å². The number of hydrogen-bond acceptors (Lipinski definition) is 4. The number of anilines is 1. The number of aromatic carboxylic acids is 1. The van der Waals surface area contributed by atoms with Gasteiger partial charge in [0.2, 0.25) is 11.7 Å². The second-order valence-corrected chi connectivity index (χ2v) is 7.32. The average molecular weight is 417 g/mol. The second kappa shape index (κ2) is 8.47. The van der Waals surface area contributed by atoms with Crippen LogP contribution in [0.5, 0.6) is 0 Å². The summed E-state index contributed by atoms with van der Waals surface area (Å²) < 4.78 is 7.38. The number of amides is 1. The molecular weight excluding hydrogens is 394 g/mol. The topological polar surface area (TPSA) is 88.6 Å². The summed E-state index contributed by atoms with van der Waals surface area (Å²) in [5.41, 5.74) is 3.40. The summed E-state index contributed by atoms with van der Waals surface area (Å²) >= 11 is 0. The highest BCUT2D eigenvalue weighted by Crippen LogP contribution is 2.27. The van der Waals surface area contributed by atoms with Crippen molar-refractivity contribution in [2.24, 2.45) is 7.05 Å². The molecule has 0 aliphatic rings. The fourth-order valence-corrected chi connectivity index (χ4v) is 3.56. The van der Waals surface area contributed by atoms with Crippen LogP contribution in [0.3, 0.4) is 0 Å². The lowest BCUT2D eigenvalue weighted by Crippen LogP contribution is -2.31. The van der Waals surface area contributed by atoms with Crippen molar-refractivity contribution in [3.05, 3.63) is 72.2 Å². The molecule has 2 heterocycles. The minimum absolute atomic E-state index is 0.0217. The van der Waals surface area contributed by atoms with Crippen LogP contribution in [0.2, 0.25) is 0 Å². The van der Waals surface area contributed by atoms with Gasteiger partial charge in [-0.2, -0.15) is 0 Å². The quantitative estimate of drug-likeness (QED) is 0.464. The van der Waals surface area contributed by atoms with E-state index >= 15 is 0 Å². The summed E-state index contributed by atoms with van der Waals surface area (Å²) in [6.07, 6.45) is 1.19. The maximum Gasteiger partial charge on any atom is 0.371 e. The number of hydrogen-bond donors (Lipinski definition) is 1. The Balaban J connectivity index is 1.64. The van der Waals surface area contributed by atoms with Gasteiger partial charge >= 0.3 is 5.97 Å². The van der Waals surface area contributed by atoms with Gasteiger partial charge < -0.3 is 19.0 Å². The largest absolute Gasteiger partial charge is 0.475 e. The molecule has 0 atom stereocenters. The summed E-state index contributed by atoms with van der Waals surface area (Å²) in [7, 11) is 1.95. The van der Waals surface area contributed by atoms with E-state index in [0.717, 1.165) is 34.5 Å². The number of rotatable bonds is 7. The van der Waals surface area contributed by atoms with Gasteiger partial charge in [-0.3, -0.25) is 4.79 Å². The number of benzene rings is 2. The molecule has 0 aliphatic carbocycles. The molecule has 0 bridgehead atoms. The normalized spacial score (nSPS) is 11.0. The molecule has 0 unspecified atom stereocenters. The van der Waals surface area contributed by atoms with E-state index in [4.69, 9.17) is 14.5 Å². The van der Waals surface area contributed by atoms with E-state index in [1.807, 2.05) is 67.1 Å². The van der Waals surface area contributed by atoms with E-state index in [1.54, 1.807) is 11.0 Å². The molecule has 0 aliphatic heterocycles. The third-order valence-electron chi connectivity index (χ3n) is 5.22. The molecule has 2 aromatic heterocycles. The molecule has 0 saturated heterocycles. The Kier molecular flexibility index (Phi) is 5.58. The molecule has 0 radical (unpaired) electrons. The van der Waals surface area contributed by atoms with Crippen LogP contribution in [0, 0.1) is 0 Å². The number of furan rings is 1. The van der Waals surface area contributed by atoms with Gasteiger partial charge in [0.15, 0.2) is 0 Å². The predicted octanol–water partition coefficient (Wildman–Crippen LogP) is 4.86. The average Bonchev–Trinajstić information content (AvgIpc) is 3.38. The molecular formula is C24H23N3O4. The fourth-order valence-electron chi connectivity index (χ4n) is 3.56. The number of carbonyl (C=O) groups excluding carboxylic acids is 1. The molecule has 4 aromatic rings. The Hall–Kier alpha value is -3.87. The minimum atomic E-state index is -1.11. The Morgan fingerprint density at radius 1 is 1.06 bits per heavy atom. The van der Waals surface area contributed by atoms with E-state index in [2.05, 4.69) is 0 Å². The summed E-state index contributed by atoms with van der Waals surface area (Å²) in [4.78, 5) is 30.4. The summed E-state index contributed by atoms with van der Waals surface area (Å²) in [5.74, 6) is 0.0633. The van der Waals surface area contributed by atoms with Crippen molar-refractivity contribution < 1.29 is 19.1 Å². The smallest absolute Gasteiger partial charge is 0.371 e. The van der Waals surface area contributed by atoms with Gasteiger partial charge in [0.05, 0.1) is 17.6 Å². The van der Waals surface area contributed by atoms with E-state index in [0.29, 0.717) is 18.7 Å². The number of carboxylic acid groups (broad SMARTS) is 1. The van der Waals surface area contributed by atoms with Gasteiger partial charge in [0, 0.05) is 24.7 Å². The van der Waals surface area contributed by atoms with Crippen LogP contribution in [0.4, 0.5) is 5.69 Å². The molecule has 1 amide bonds. The predicted molar refractivity (Wildman–Crippen MR) is 118 cm³/mol. The first-order valence-corrected chi connectivity index (χ1v) is 10.1. The van der Waals surface area contributed by atoms with E-state index in [9.17, 15) is 9.59 Å². The number of nitrogens with zero attached hydrogens (tertiary/aromatic N) is 3. The number of carbonyl (C=O) groups is 2. The highest BCUT2D eigenvalue weighted by molar-refractivity contribution is 5.93. The van der Waals surface area contributed by atoms with Gasteiger partial charge in [0.1, 0.15) is 11.6 Å². The summed E-state index contributed by atoms with van der Waals surface area (Å²) in [6, 6.07) is 18.3. The van der Waals surface area contributed by atoms with Gasteiger partial charge in [0.25, 0.3) is 0 Å². The standard InChI is InChI=1S/C24H23N3O4/c1-3-6-23(28)27(15-22-25-18-7-4-5-8-19(18)26(22)2)17-11-9-16(10-12-17)20-13-14-21(31-20)24(29)30/h4-5,7-14H,3,6,15H2,1-2H3,(H,29,30). The molecule has 0 spiro atoms. The molecule has 4 rings (SSSR count). The van der Waals surface area contributed by atoms with Crippen molar-refractivity contribution in [2.75, 3.05) is 4.90 Å². The van der Waals surface area contributed by atoms with Crippen molar-refractivity contribution in [1.82, 2.24) is 9.55 Å². The lowest BCUT2D eigenvalue weighted by atomic mass is 10.1. The first-order chi connectivity index (χ1) is 15.0. The van der Waals surface area contributed by atoms with Gasteiger partial charge in [-0.1, -0.05) is 19.1 Å². The number of carboxylic acids is 1. The van der Waals surface area contributed by atoms with Crippen LogP contribution < -0.4 is 4.90 Å². The Labute approximate surface area is 179 Å². The first-order valence-electron chi connectivity index (χ1n) is 10.1. The van der Waals surface area contributed by atoms with Crippen molar-refractivity contribution in [2.45, 2.75) is 26.3 Å². The Bertz CT molecular complexity index is 1240. The maximum atomic E-state index is 12.9. The second-order valence-electron chi connectivity index (χ2n) is 7.32. The lowest BCUT2D eigenvalue weighted by Gasteiger charge is -2.23. The molecule has 31 heavy (non-hydrogen) atoms. The molecule has 0 saturated carbocycles. The first kappa shape index (κ1) is 20.4. The molecule has 158 valence electrons.